The molecule has 0 aliphatic heterocycles. The van der Waals surface area contributed by atoms with Crippen molar-refractivity contribution in [2.24, 2.45) is 11.8 Å². The van der Waals surface area contributed by atoms with Crippen molar-refractivity contribution < 1.29 is 14.7 Å². The van der Waals surface area contributed by atoms with Gasteiger partial charge in [0.15, 0.2) is 0 Å². The molecule has 4 nitrogen and oxygen atoms in total. The largest absolute Gasteiger partial charge is 0.480 e. The Kier molecular flexibility index (Phi) is 4.48. The third-order valence-corrected chi connectivity index (χ3v) is 4.73. The van der Waals surface area contributed by atoms with Gasteiger partial charge in [-0.25, -0.2) is 4.79 Å². The highest BCUT2D eigenvalue weighted by Crippen LogP contribution is 2.33. The molecule has 4 heteroatoms. The van der Waals surface area contributed by atoms with Crippen LogP contribution in [0.5, 0.6) is 0 Å². The zero-order chi connectivity index (χ0) is 13.9. The van der Waals surface area contributed by atoms with Gasteiger partial charge < -0.3 is 10.4 Å². The van der Waals surface area contributed by atoms with Gasteiger partial charge in [0.1, 0.15) is 5.54 Å². The van der Waals surface area contributed by atoms with E-state index in [1.807, 2.05) is 0 Å². The number of amides is 1. The van der Waals surface area contributed by atoms with E-state index >= 15 is 0 Å². The minimum atomic E-state index is -1.01. The van der Waals surface area contributed by atoms with Gasteiger partial charge in [0.2, 0.25) is 5.91 Å². The van der Waals surface area contributed by atoms with Gasteiger partial charge in [-0.15, -0.1) is 0 Å². The minimum absolute atomic E-state index is 0.0663. The molecule has 2 aliphatic rings. The fraction of sp³-hybridized carbons (Fsp3) is 0.867. The summed E-state index contributed by atoms with van der Waals surface area (Å²) in [6.45, 7) is 2.07. The molecule has 2 fully saturated rings. The SMILES string of the molecule is CC1CCCC(NC(=O)CC2CCCC2)(C(=O)O)C1. The number of aliphatic carboxylic acids is 1. The van der Waals surface area contributed by atoms with E-state index in [2.05, 4.69) is 12.2 Å². The average molecular weight is 267 g/mol. The lowest BCUT2D eigenvalue weighted by Crippen LogP contribution is -2.57. The molecular weight excluding hydrogens is 242 g/mol. The number of rotatable bonds is 4. The third-order valence-electron chi connectivity index (χ3n) is 4.73. The second-order valence-corrected chi connectivity index (χ2v) is 6.49. The number of hydrogen-bond acceptors (Lipinski definition) is 2. The van der Waals surface area contributed by atoms with Crippen LogP contribution in [0.3, 0.4) is 0 Å². The smallest absolute Gasteiger partial charge is 0.329 e. The summed E-state index contributed by atoms with van der Waals surface area (Å²) in [4.78, 5) is 23.7. The second kappa shape index (κ2) is 5.93. The van der Waals surface area contributed by atoms with Crippen molar-refractivity contribution in [2.75, 3.05) is 0 Å². The zero-order valence-electron chi connectivity index (χ0n) is 11.8. The van der Waals surface area contributed by atoms with Gasteiger partial charge in [0, 0.05) is 6.42 Å². The van der Waals surface area contributed by atoms with Gasteiger partial charge in [0.25, 0.3) is 0 Å². The van der Waals surface area contributed by atoms with Gasteiger partial charge in [0.05, 0.1) is 0 Å². The molecule has 2 N–H and O–H groups in total. The Morgan fingerprint density at radius 3 is 2.47 bits per heavy atom. The van der Waals surface area contributed by atoms with E-state index in [1.54, 1.807) is 0 Å². The summed E-state index contributed by atoms with van der Waals surface area (Å²) in [6.07, 6.45) is 8.24. The van der Waals surface area contributed by atoms with Crippen LogP contribution in [0, 0.1) is 11.8 Å². The number of carboxylic acids is 1. The number of nitrogens with one attached hydrogen (secondary N) is 1. The molecule has 0 radical (unpaired) electrons. The molecule has 2 saturated carbocycles. The number of carbonyl (C=O) groups excluding carboxylic acids is 1. The summed E-state index contributed by atoms with van der Waals surface area (Å²) < 4.78 is 0. The van der Waals surface area contributed by atoms with E-state index in [4.69, 9.17) is 0 Å². The zero-order valence-corrected chi connectivity index (χ0v) is 11.8. The lowest BCUT2D eigenvalue weighted by Gasteiger charge is -2.37. The van der Waals surface area contributed by atoms with Crippen LogP contribution in [-0.2, 0) is 9.59 Å². The van der Waals surface area contributed by atoms with Crippen molar-refractivity contribution in [1.82, 2.24) is 5.32 Å². The van der Waals surface area contributed by atoms with E-state index in [0.29, 0.717) is 31.1 Å². The monoisotopic (exact) mass is 267 g/mol. The highest BCUT2D eigenvalue weighted by Gasteiger charge is 2.43. The quantitative estimate of drug-likeness (QED) is 0.823. The highest BCUT2D eigenvalue weighted by molar-refractivity contribution is 5.87. The van der Waals surface area contributed by atoms with Crippen molar-refractivity contribution in [1.29, 1.82) is 0 Å². The van der Waals surface area contributed by atoms with E-state index in [9.17, 15) is 14.7 Å². The van der Waals surface area contributed by atoms with Gasteiger partial charge in [-0.3, -0.25) is 4.79 Å². The molecular formula is C15H25NO3. The summed E-state index contributed by atoms with van der Waals surface area (Å²) in [5.74, 6) is -0.0919. The first kappa shape index (κ1) is 14.4. The normalized spacial score (nSPS) is 32.2. The summed E-state index contributed by atoms with van der Waals surface area (Å²) in [7, 11) is 0. The standard InChI is InChI=1S/C15H25NO3/c1-11-5-4-8-15(10-11,14(18)19)16-13(17)9-12-6-2-3-7-12/h11-12H,2-10H2,1H3,(H,16,17)(H,18,19). The van der Waals surface area contributed by atoms with E-state index in [0.717, 1.165) is 25.7 Å². The van der Waals surface area contributed by atoms with Crippen molar-refractivity contribution >= 4 is 11.9 Å². The van der Waals surface area contributed by atoms with Gasteiger partial charge in [-0.2, -0.15) is 0 Å². The highest BCUT2D eigenvalue weighted by atomic mass is 16.4. The molecule has 2 unspecified atom stereocenters. The summed E-state index contributed by atoms with van der Waals surface area (Å²) in [5, 5.41) is 12.4. The molecule has 0 aromatic carbocycles. The maximum Gasteiger partial charge on any atom is 0.329 e. The summed E-state index contributed by atoms with van der Waals surface area (Å²) >= 11 is 0. The molecule has 2 atom stereocenters. The number of carboxylic acid groups (broad SMARTS) is 1. The molecule has 0 bridgehead atoms. The van der Waals surface area contributed by atoms with Crippen LogP contribution >= 0.6 is 0 Å². The van der Waals surface area contributed by atoms with E-state index in [1.165, 1.54) is 12.8 Å². The van der Waals surface area contributed by atoms with Crippen LogP contribution in [0.1, 0.15) is 64.7 Å². The minimum Gasteiger partial charge on any atom is -0.480 e. The van der Waals surface area contributed by atoms with Crippen LogP contribution in [0.25, 0.3) is 0 Å². The van der Waals surface area contributed by atoms with Crippen molar-refractivity contribution in [3.05, 3.63) is 0 Å². The molecule has 19 heavy (non-hydrogen) atoms. The molecule has 2 rings (SSSR count). The predicted octanol–water partition coefficient (Wildman–Crippen LogP) is 2.72. The van der Waals surface area contributed by atoms with Crippen molar-refractivity contribution in [3.63, 3.8) is 0 Å². The summed E-state index contributed by atoms with van der Waals surface area (Å²) in [5.41, 5.74) is -1.01. The lowest BCUT2D eigenvalue weighted by atomic mass is 9.76. The first-order valence-electron chi connectivity index (χ1n) is 7.56. The Hall–Kier alpha value is -1.06. The second-order valence-electron chi connectivity index (χ2n) is 6.49. The first-order chi connectivity index (χ1) is 9.02. The first-order valence-corrected chi connectivity index (χ1v) is 7.56. The van der Waals surface area contributed by atoms with Crippen LogP contribution in [0.2, 0.25) is 0 Å². The molecule has 1 amide bonds. The maximum absolute atomic E-state index is 12.1. The molecule has 0 spiro atoms. The maximum atomic E-state index is 12.1. The Morgan fingerprint density at radius 2 is 1.89 bits per heavy atom. The molecule has 0 aromatic rings. The lowest BCUT2D eigenvalue weighted by molar-refractivity contribution is -0.150. The Morgan fingerprint density at radius 1 is 1.21 bits per heavy atom. The Labute approximate surface area is 115 Å². The van der Waals surface area contributed by atoms with Crippen molar-refractivity contribution in [3.8, 4) is 0 Å². The Balaban J connectivity index is 1.95. The van der Waals surface area contributed by atoms with Crippen LogP contribution in [0.15, 0.2) is 0 Å². The van der Waals surface area contributed by atoms with E-state index < -0.39 is 11.5 Å². The number of hydrogen-bond donors (Lipinski definition) is 2. The Bertz CT molecular complexity index is 349. The van der Waals surface area contributed by atoms with Crippen molar-refractivity contribution in [2.45, 2.75) is 70.3 Å². The average Bonchev–Trinajstić information content (AvgIpc) is 2.81. The van der Waals surface area contributed by atoms with Crippen LogP contribution in [-0.4, -0.2) is 22.5 Å². The predicted molar refractivity (Wildman–Crippen MR) is 72.7 cm³/mol. The molecule has 2 aliphatic carbocycles. The molecule has 108 valence electrons. The topological polar surface area (TPSA) is 66.4 Å². The van der Waals surface area contributed by atoms with Gasteiger partial charge >= 0.3 is 5.97 Å². The van der Waals surface area contributed by atoms with Crippen LogP contribution in [0.4, 0.5) is 0 Å². The number of carbonyl (C=O) groups is 2. The van der Waals surface area contributed by atoms with Gasteiger partial charge in [-0.1, -0.05) is 32.6 Å². The third kappa shape index (κ3) is 3.48. The van der Waals surface area contributed by atoms with Crippen LogP contribution < -0.4 is 5.32 Å². The van der Waals surface area contributed by atoms with Gasteiger partial charge in [-0.05, 0) is 37.5 Å². The fourth-order valence-electron chi connectivity index (χ4n) is 3.71. The molecule has 0 heterocycles. The molecule has 0 aromatic heterocycles. The molecule has 0 saturated heterocycles. The summed E-state index contributed by atoms with van der Waals surface area (Å²) in [6, 6.07) is 0. The fourth-order valence-corrected chi connectivity index (χ4v) is 3.71. The van der Waals surface area contributed by atoms with E-state index in [-0.39, 0.29) is 5.91 Å².